The smallest absolute Gasteiger partial charge is 0.170 e. The van der Waals surface area contributed by atoms with Gasteiger partial charge in [-0.15, -0.1) is 0 Å². The minimum absolute atomic E-state index is 0.342. The van der Waals surface area contributed by atoms with Gasteiger partial charge in [-0.25, -0.2) is 0 Å². The minimum atomic E-state index is -4.15. The average Bonchev–Trinajstić information content (AvgIpc) is 1.55. The second-order valence-electron chi connectivity index (χ2n) is 3.34. The van der Waals surface area contributed by atoms with E-state index < -0.39 is 12.6 Å². The molecule has 0 aromatic carbocycles. The molecule has 0 saturated carbocycles. The van der Waals surface area contributed by atoms with Crippen LogP contribution < -0.4 is 0 Å². The summed E-state index contributed by atoms with van der Waals surface area (Å²) < 4.78 is 34.6. The predicted octanol–water partition coefficient (Wildman–Crippen LogP) is 2.99. The highest BCUT2D eigenvalue weighted by Gasteiger charge is 2.25. The van der Waals surface area contributed by atoms with Crippen LogP contribution >= 0.6 is 0 Å². The number of hydrogen-bond acceptors (Lipinski definition) is 0. The molecule has 0 aromatic heterocycles. The Morgan fingerprint density at radius 2 is 1.55 bits per heavy atom. The van der Waals surface area contributed by atoms with Gasteiger partial charge in [0.2, 0.25) is 0 Å². The maximum absolute atomic E-state index is 11.5. The van der Waals surface area contributed by atoms with Crippen molar-refractivity contribution in [3.63, 3.8) is 0 Å². The first-order chi connectivity index (χ1) is 4.71. The summed E-state index contributed by atoms with van der Waals surface area (Å²) in [4.78, 5) is 0. The van der Waals surface area contributed by atoms with Gasteiger partial charge in [0.15, 0.2) is 0 Å². The molecule has 0 nitrogen and oxygen atoms in total. The molecule has 0 fully saturated rings. The van der Waals surface area contributed by atoms with E-state index in [0.29, 0.717) is 0 Å². The third kappa shape index (κ3) is 9.35. The largest absolute Gasteiger partial charge is 0.399 e. The van der Waals surface area contributed by atoms with Gasteiger partial charge in [-0.3, -0.25) is 0 Å². The summed E-state index contributed by atoms with van der Waals surface area (Å²) in [5.74, 6) is 4.60. The van der Waals surface area contributed by atoms with Crippen LogP contribution in [0.3, 0.4) is 0 Å². The molecule has 0 N–H and O–H groups in total. The zero-order valence-electron chi connectivity index (χ0n) is 6.84. The SMILES string of the molecule is CC(C)(C)C#CCC(F)(F)F. The maximum atomic E-state index is 11.5. The van der Waals surface area contributed by atoms with Gasteiger partial charge < -0.3 is 0 Å². The minimum Gasteiger partial charge on any atom is -0.170 e. The lowest BCUT2D eigenvalue weighted by Crippen LogP contribution is -2.06. The molecule has 0 aliphatic carbocycles. The molecule has 0 amide bonds. The summed E-state index contributed by atoms with van der Waals surface area (Å²) in [7, 11) is 0. The van der Waals surface area contributed by atoms with Gasteiger partial charge in [0.05, 0.1) is 0 Å². The van der Waals surface area contributed by atoms with Crippen LogP contribution in [-0.4, -0.2) is 6.18 Å². The van der Waals surface area contributed by atoms with Crippen LogP contribution in [0.2, 0.25) is 0 Å². The van der Waals surface area contributed by atoms with Crippen LogP contribution in [0.4, 0.5) is 13.2 Å². The standard InChI is InChI=1S/C8H11F3/c1-7(2,3)5-4-6-8(9,10)11/h6H2,1-3H3. The zero-order valence-corrected chi connectivity index (χ0v) is 6.84. The second kappa shape index (κ2) is 3.17. The second-order valence-corrected chi connectivity index (χ2v) is 3.34. The van der Waals surface area contributed by atoms with E-state index in [4.69, 9.17) is 0 Å². The summed E-state index contributed by atoms with van der Waals surface area (Å²) in [5.41, 5.74) is -0.342. The molecule has 0 atom stereocenters. The Kier molecular flexibility index (Phi) is 2.98. The monoisotopic (exact) mass is 164 g/mol. The van der Waals surface area contributed by atoms with Crippen LogP contribution in [-0.2, 0) is 0 Å². The molecular formula is C8H11F3. The number of rotatable bonds is 0. The van der Waals surface area contributed by atoms with E-state index >= 15 is 0 Å². The van der Waals surface area contributed by atoms with Crippen molar-refractivity contribution in [1.29, 1.82) is 0 Å². The van der Waals surface area contributed by atoms with Crippen molar-refractivity contribution in [2.24, 2.45) is 5.41 Å². The Hall–Kier alpha value is -0.650. The Labute approximate surface area is 64.8 Å². The highest BCUT2D eigenvalue weighted by atomic mass is 19.4. The molecule has 0 spiro atoms. The lowest BCUT2D eigenvalue weighted by atomic mass is 9.98. The maximum Gasteiger partial charge on any atom is 0.399 e. The molecule has 0 aliphatic heterocycles. The van der Waals surface area contributed by atoms with Crippen LogP contribution in [0.5, 0.6) is 0 Å². The van der Waals surface area contributed by atoms with Crippen molar-refractivity contribution in [2.75, 3.05) is 0 Å². The highest BCUT2D eigenvalue weighted by Crippen LogP contribution is 2.19. The summed E-state index contributed by atoms with van der Waals surface area (Å²) in [6.45, 7) is 5.32. The van der Waals surface area contributed by atoms with Crippen molar-refractivity contribution in [1.82, 2.24) is 0 Å². The predicted molar refractivity (Wildman–Crippen MR) is 37.9 cm³/mol. The first-order valence-electron chi connectivity index (χ1n) is 3.27. The van der Waals surface area contributed by atoms with Gasteiger partial charge in [0, 0.05) is 5.41 Å². The van der Waals surface area contributed by atoms with Gasteiger partial charge in [0.25, 0.3) is 0 Å². The molecule has 0 aliphatic rings. The molecular weight excluding hydrogens is 153 g/mol. The summed E-state index contributed by atoms with van der Waals surface area (Å²) in [6, 6.07) is 0. The van der Waals surface area contributed by atoms with Crippen molar-refractivity contribution >= 4 is 0 Å². The molecule has 3 heteroatoms. The van der Waals surface area contributed by atoms with E-state index in [2.05, 4.69) is 11.8 Å². The molecule has 64 valence electrons. The number of alkyl halides is 3. The van der Waals surface area contributed by atoms with Crippen molar-refractivity contribution in [2.45, 2.75) is 33.4 Å². The fourth-order valence-corrected chi connectivity index (χ4v) is 0.410. The summed E-state index contributed by atoms with van der Waals surface area (Å²) in [6.07, 6.45) is -5.16. The van der Waals surface area contributed by atoms with E-state index in [1.165, 1.54) is 0 Å². The third-order valence-electron chi connectivity index (χ3n) is 0.752. The molecule has 11 heavy (non-hydrogen) atoms. The molecule has 0 saturated heterocycles. The van der Waals surface area contributed by atoms with Gasteiger partial charge >= 0.3 is 6.18 Å². The molecule has 0 aromatic rings. The summed E-state index contributed by atoms with van der Waals surface area (Å²) in [5, 5.41) is 0. The average molecular weight is 164 g/mol. The lowest BCUT2D eigenvalue weighted by molar-refractivity contribution is -0.123. The number of halogens is 3. The van der Waals surface area contributed by atoms with E-state index in [1.54, 1.807) is 20.8 Å². The van der Waals surface area contributed by atoms with Gasteiger partial charge in [-0.05, 0) is 20.8 Å². The quantitative estimate of drug-likeness (QED) is 0.483. The normalized spacial score (nSPS) is 12.2. The van der Waals surface area contributed by atoms with Crippen molar-refractivity contribution < 1.29 is 13.2 Å². The van der Waals surface area contributed by atoms with Crippen molar-refractivity contribution in [3.05, 3.63) is 0 Å². The van der Waals surface area contributed by atoms with Gasteiger partial charge in [-0.1, -0.05) is 11.8 Å². The van der Waals surface area contributed by atoms with E-state index in [-0.39, 0.29) is 5.41 Å². The first kappa shape index (κ1) is 10.3. The van der Waals surface area contributed by atoms with Crippen LogP contribution in [0.15, 0.2) is 0 Å². The van der Waals surface area contributed by atoms with Gasteiger partial charge in [-0.2, -0.15) is 13.2 Å². The Bertz CT molecular complexity index is 172. The Balaban J connectivity index is 3.94. The lowest BCUT2D eigenvalue weighted by Gasteiger charge is -2.07. The fourth-order valence-electron chi connectivity index (χ4n) is 0.410. The van der Waals surface area contributed by atoms with E-state index in [1.807, 2.05) is 0 Å². The molecule has 0 unspecified atom stereocenters. The zero-order chi connectivity index (χ0) is 9.12. The summed E-state index contributed by atoms with van der Waals surface area (Å²) >= 11 is 0. The van der Waals surface area contributed by atoms with Crippen LogP contribution in [0.1, 0.15) is 27.2 Å². The first-order valence-corrected chi connectivity index (χ1v) is 3.27. The third-order valence-corrected chi connectivity index (χ3v) is 0.752. The molecule has 0 rings (SSSR count). The van der Waals surface area contributed by atoms with E-state index in [9.17, 15) is 13.2 Å². The Morgan fingerprint density at radius 1 is 1.09 bits per heavy atom. The van der Waals surface area contributed by atoms with Crippen molar-refractivity contribution in [3.8, 4) is 11.8 Å². The molecule has 0 bridgehead atoms. The van der Waals surface area contributed by atoms with Gasteiger partial charge in [0.1, 0.15) is 6.42 Å². The van der Waals surface area contributed by atoms with Crippen LogP contribution in [0, 0.1) is 17.3 Å². The molecule has 0 radical (unpaired) electrons. The number of hydrogen-bond donors (Lipinski definition) is 0. The van der Waals surface area contributed by atoms with E-state index in [0.717, 1.165) is 0 Å². The fraction of sp³-hybridized carbons (Fsp3) is 0.750. The highest BCUT2D eigenvalue weighted by molar-refractivity contribution is 5.07. The molecule has 0 heterocycles. The Morgan fingerprint density at radius 3 is 1.82 bits per heavy atom. The topological polar surface area (TPSA) is 0 Å². The van der Waals surface area contributed by atoms with Crippen LogP contribution in [0.25, 0.3) is 0 Å².